The van der Waals surface area contributed by atoms with Gasteiger partial charge in [0, 0.05) is 37.9 Å². The number of amides is 1. The number of piperidine rings is 1. The van der Waals surface area contributed by atoms with Crippen LogP contribution >= 0.6 is 0 Å². The minimum absolute atomic E-state index is 0.0396. The number of hydrogen-bond acceptors (Lipinski definition) is 4. The summed E-state index contributed by atoms with van der Waals surface area (Å²) in [6.07, 6.45) is 6.39. The number of rotatable bonds is 5. The van der Waals surface area contributed by atoms with Crippen LogP contribution in [0.4, 0.5) is 0 Å². The van der Waals surface area contributed by atoms with Crippen LogP contribution in [0.15, 0.2) is 30.3 Å². The first-order valence-electron chi connectivity index (χ1n) is 10.1. The van der Waals surface area contributed by atoms with Crippen LogP contribution in [-0.2, 0) is 16.1 Å². The van der Waals surface area contributed by atoms with Gasteiger partial charge in [0.15, 0.2) is 0 Å². The smallest absolute Gasteiger partial charge is 0.237 e. The molecule has 26 heavy (non-hydrogen) atoms. The van der Waals surface area contributed by atoms with E-state index in [1.165, 1.54) is 18.4 Å². The molecule has 3 atom stereocenters. The van der Waals surface area contributed by atoms with Gasteiger partial charge in [-0.3, -0.25) is 9.69 Å². The quantitative estimate of drug-likeness (QED) is 0.846. The monoisotopic (exact) mass is 357 g/mol. The molecule has 3 fully saturated rings. The molecule has 3 aliphatic heterocycles. The van der Waals surface area contributed by atoms with Gasteiger partial charge < -0.3 is 15.8 Å². The van der Waals surface area contributed by atoms with Gasteiger partial charge in [-0.1, -0.05) is 30.3 Å². The van der Waals surface area contributed by atoms with Crippen LogP contribution < -0.4 is 11.1 Å². The molecule has 3 unspecified atom stereocenters. The van der Waals surface area contributed by atoms with Crippen molar-refractivity contribution in [3.8, 4) is 0 Å². The fourth-order valence-electron chi connectivity index (χ4n) is 5.03. The van der Waals surface area contributed by atoms with Crippen molar-refractivity contribution in [1.29, 1.82) is 0 Å². The highest BCUT2D eigenvalue weighted by atomic mass is 16.5. The largest absolute Gasteiger partial charge is 0.381 e. The molecule has 0 saturated carbocycles. The maximum atomic E-state index is 12.6. The molecule has 1 amide bonds. The summed E-state index contributed by atoms with van der Waals surface area (Å²) in [7, 11) is 0. The first-order valence-corrected chi connectivity index (χ1v) is 10.1. The van der Waals surface area contributed by atoms with Crippen LogP contribution in [0.3, 0.4) is 0 Å². The summed E-state index contributed by atoms with van der Waals surface area (Å²) in [6.45, 7) is 2.49. The number of carbonyl (C=O) groups is 1. The van der Waals surface area contributed by atoms with Crippen molar-refractivity contribution in [1.82, 2.24) is 10.2 Å². The van der Waals surface area contributed by atoms with Crippen molar-refractivity contribution in [3.63, 3.8) is 0 Å². The number of hydrogen-bond donors (Lipinski definition) is 2. The second kappa shape index (κ2) is 8.07. The van der Waals surface area contributed by atoms with E-state index in [0.29, 0.717) is 12.1 Å². The minimum atomic E-state index is -0.390. The Kier molecular flexibility index (Phi) is 5.57. The molecule has 3 saturated heterocycles. The zero-order chi connectivity index (χ0) is 17.9. The van der Waals surface area contributed by atoms with E-state index in [2.05, 4.69) is 40.5 Å². The van der Waals surface area contributed by atoms with Gasteiger partial charge in [-0.05, 0) is 50.0 Å². The predicted octanol–water partition coefficient (Wildman–Crippen LogP) is 2.05. The average Bonchev–Trinajstić information content (AvgIpc) is 2.91. The zero-order valence-corrected chi connectivity index (χ0v) is 15.5. The van der Waals surface area contributed by atoms with Crippen molar-refractivity contribution < 1.29 is 9.53 Å². The minimum Gasteiger partial charge on any atom is -0.381 e. The molecule has 1 aromatic carbocycles. The Balaban J connectivity index is 1.31. The Hall–Kier alpha value is -1.43. The SMILES string of the molecule is NC(C(=O)NC1CC2CCC(C1)N2Cc1ccccc1)C1CCOCC1. The highest BCUT2D eigenvalue weighted by Gasteiger charge is 2.41. The van der Waals surface area contributed by atoms with E-state index in [9.17, 15) is 4.79 Å². The number of ether oxygens (including phenoxy) is 1. The van der Waals surface area contributed by atoms with Gasteiger partial charge in [-0.25, -0.2) is 0 Å². The fraction of sp³-hybridized carbons (Fsp3) is 0.667. The first kappa shape index (κ1) is 18.0. The molecule has 3 N–H and O–H groups in total. The predicted molar refractivity (Wildman–Crippen MR) is 101 cm³/mol. The molecule has 0 aliphatic carbocycles. The molecule has 5 nitrogen and oxygen atoms in total. The lowest BCUT2D eigenvalue weighted by Gasteiger charge is -2.40. The second-order valence-corrected chi connectivity index (χ2v) is 8.20. The molecule has 142 valence electrons. The van der Waals surface area contributed by atoms with Crippen LogP contribution in [0.5, 0.6) is 0 Å². The van der Waals surface area contributed by atoms with Gasteiger partial charge in [0.05, 0.1) is 6.04 Å². The lowest BCUT2D eigenvalue weighted by atomic mass is 9.90. The number of fused-ring (bicyclic) bond motifs is 2. The highest BCUT2D eigenvalue weighted by Crippen LogP contribution is 2.37. The van der Waals surface area contributed by atoms with E-state index in [1.807, 2.05) is 0 Å². The van der Waals surface area contributed by atoms with E-state index >= 15 is 0 Å². The summed E-state index contributed by atoms with van der Waals surface area (Å²) in [5.41, 5.74) is 7.63. The Morgan fingerprint density at radius 1 is 1.12 bits per heavy atom. The maximum absolute atomic E-state index is 12.6. The normalized spacial score (nSPS) is 30.9. The number of nitrogens with two attached hydrogens (primary N) is 1. The Morgan fingerprint density at radius 2 is 1.77 bits per heavy atom. The Labute approximate surface area is 156 Å². The lowest BCUT2D eigenvalue weighted by Crippen LogP contribution is -2.54. The average molecular weight is 357 g/mol. The van der Waals surface area contributed by atoms with Gasteiger partial charge in [0.2, 0.25) is 5.91 Å². The summed E-state index contributed by atoms with van der Waals surface area (Å²) < 4.78 is 5.38. The van der Waals surface area contributed by atoms with Crippen LogP contribution in [0.1, 0.15) is 44.1 Å². The molecule has 5 heteroatoms. The van der Waals surface area contributed by atoms with Gasteiger partial charge in [-0.15, -0.1) is 0 Å². The van der Waals surface area contributed by atoms with Crippen molar-refractivity contribution >= 4 is 5.91 Å². The maximum Gasteiger partial charge on any atom is 0.237 e. The molecule has 3 aliphatic rings. The number of nitrogens with one attached hydrogen (secondary N) is 1. The third kappa shape index (κ3) is 3.95. The van der Waals surface area contributed by atoms with E-state index in [4.69, 9.17) is 10.5 Å². The molecule has 1 aromatic rings. The van der Waals surface area contributed by atoms with E-state index in [0.717, 1.165) is 45.4 Å². The summed E-state index contributed by atoms with van der Waals surface area (Å²) in [6, 6.07) is 11.8. The highest BCUT2D eigenvalue weighted by molar-refractivity contribution is 5.82. The molecular formula is C21H31N3O2. The van der Waals surface area contributed by atoms with E-state index < -0.39 is 0 Å². The van der Waals surface area contributed by atoms with Gasteiger partial charge in [0.1, 0.15) is 0 Å². The lowest BCUT2D eigenvalue weighted by molar-refractivity contribution is -0.125. The summed E-state index contributed by atoms with van der Waals surface area (Å²) in [5.74, 6) is 0.302. The number of nitrogens with zero attached hydrogens (tertiary/aromatic N) is 1. The molecule has 0 aromatic heterocycles. The van der Waals surface area contributed by atoms with Crippen LogP contribution in [0.25, 0.3) is 0 Å². The number of benzene rings is 1. The molecule has 3 heterocycles. The molecular weight excluding hydrogens is 326 g/mol. The van der Waals surface area contributed by atoms with Crippen LogP contribution in [-0.4, -0.2) is 48.2 Å². The van der Waals surface area contributed by atoms with Crippen LogP contribution in [0, 0.1) is 5.92 Å². The third-order valence-electron chi connectivity index (χ3n) is 6.52. The third-order valence-corrected chi connectivity index (χ3v) is 6.52. The molecule has 0 spiro atoms. The van der Waals surface area contributed by atoms with Gasteiger partial charge in [-0.2, -0.15) is 0 Å². The Morgan fingerprint density at radius 3 is 2.42 bits per heavy atom. The van der Waals surface area contributed by atoms with E-state index in [-0.39, 0.29) is 23.9 Å². The first-order chi connectivity index (χ1) is 12.7. The van der Waals surface area contributed by atoms with Crippen molar-refractivity contribution in [2.24, 2.45) is 11.7 Å². The molecule has 0 radical (unpaired) electrons. The van der Waals surface area contributed by atoms with Gasteiger partial charge in [0.25, 0.3) is 0 Å². The standard InChI is InChI=1S/C21H31N3O2/c22-20(16-8-10-26-11-9-16)21(25)23-17-12-18-6-7-19(13-17)24(18)14-15-4-2-1-3-5-15/h1-5,16-20H,6-14,22H2,(H,23,25). The van der Waals surface area contributed by atoms with Gasteiger partial charge >= 0.3 is 0 Å². The topological polar surface area (TPSA) is 67.6 Å². The summed E-state index contributed by atoms with van der Waals surface area (Å²) >= 11 is 0. The molecule has 2 bridgehead atoms. The van der Waals surface area contributed by atoms with Crippen molar-refractivity contribution in [2.45, 2.75) is 69.2 Å². The van der Waals surface area contributed by atoms with Crippen molar-refractivity contribution in [2.75, 3.05) is 13.2 Å². The zero-order valence-electron chi connectivity index (χ0n) is 15.5. The summed E-state index contributed by atoms with van der Waals surface area (Å²) in [5, 5.41) is 3.27. The fourth-order valence-corrected chi connectivity index (χ4v) is 5.03. The molecule has 4 rings (SSSR count). The Bertz CT molecular complexity index is 589. The second-order valence-electron chi connectivity index (χ2n) is 8.20. The van der Waals surface area contributed by atoms with E-state index in [1.54, 1.807) is 0 Å². The van der Waals surface area contributed by atoms with Crippen LogP contribution in [0.2, 0.25) is 0 Å². The number of carbonyl (C=O) groups excluding carboxylic acids is 1. The van der Waals surface area contributed by atoms with Crippen molar-refractivity contribution in [3.05, 3.63) is 35.9 Å². The summed E-state index contributed by atoms with van der Waals surface area (Å²) in [4.78, 5) is 15.3.